The zero-order valence-corrected chi connectivity index (χ0v) is 13.3. The predicted molar refractivity (Wildman–Crippen MR) is 87.5 cm³/mol. The minimum atomic E-state index is 0.424. The molecule has 0 atom stereocenters. The molecule has 2 N–H and O–H groups in total. The number of hydrogen-bond donors (Lipinski definition) is 1. The molecule has 0 aliphatic heterocycles. The van der Waals surface area contributed by atoms with Crippen LogP contribution >= 0.6 is 23.6 Å². The topological polar surface area (TPSA) is 48.1 Å². The predicted octanol–water partition coefficient (Wildman–Crippen LogP) is 3.62. The third-order valence-electron chi connectivity index (χ3n) is 2.90. The number of rotatable bonds is 6. The molecule has 0 fully saturated rings. The molecule has 106 valence electrons. The van der Waals surface area contributed by atoms with Crippen molar-refractivity contribution in [3.05, 3.63) is 45.4 Å². The van der Waals surface area contributed by atoms with Crippen LogP contribution in [-0.2, 0) is 13.0 Å². The first-order chi connectivity index (χ1) is 9.61. The summed E-state index contributed by atoms with van der Waals surface area (Å²) in [4.78, 5) is 5.94. The maximum atomic E-state index is 5.81. The van der Waals surface area contributed by atoms with E-state index in [1.807, 2.05) is 31.2 Å². The fraction of sp³-hybridized carbons (Fsp3) is 0.333. The van der Waals surface area contributed by atoms with Crippen LogP contribution in [0, 0.1) is 6.92 Å². The van der Waals surface area contributed by atoms with Gasteiger partial charge in [0.05, 0.1) is 10.6 Å². The normalized spacial score (nSPS) is 10.5. The van der Waals surface area contributed by atoms with E-state index in [-0.39, 0.29) is 0 Å². The van der Waals surface area contributed by atoms with Gasteiger partial charge in [0.1, 0.15) is 22.4 Å². The molecule has 20 heavy (non-hydrogen) atoms. The lowest BCUT2D eigenvalue weighted by Crippen LogP contribution is -2.09. The molecule has 1 heterocycles. The van der Waals surface area contributed by atoms with Crippen molar-refractivity contribution in [2.75, 3.05) is 0 Å². The molecule has 1 aromatic heterocycles. The van der Waals surface area contributed by atoms with Crippen molar-refractivity contribution in [2.45, 2.75) is 33.3 Å². The van der Waals surface area contributed by atoms with E-state index in [9.17, 15) is 0 Å². The summed E-state index contributed by atoms with van der Waals surface area (Å²) in [5.74, 6) is 0.886. The van der Waals surface area contributed by atoms with Crippen molar-refractivity contribution in [1.82, 2.24) is 4.98 Å². The summed E-state index contributed by atoms with van der Waals surface area (Å²) >= 11 is 6.61. The van der Waals surface area contributed by atoms with Gasteiger partial charge in [-0.15, -0.1) is 11.3 Å². The highest BCUT2D eigenvalue weighted by Crippen LogP contribution is 2.23. The molecular weight excluding hydrogens is 288 g/mol. The molecule has 0 aliphatic carbocycles. The largest absolute Gasteiger partial charge is 0.486 e. The van der Waals surface area contributed by atoms with E-state index in [4.69, 9.17) is 22.7 Å². The Labute approximate surface area is 128 Å². The Morgan fingerprint density at radius 3 is 2.80 bits per heavy atom. The molecule has 0 spiro atoms. The third-order valence-corrected chi connectivity index (χ3v) is 4.33. The van der Waals surface area contributed by atoms with Crippen molar-refractivity contribution >= 4 is 28.5 Å². The highest BCUT2D eigenvalue weighted by molar-refractivity contribution is 7.81. The molecule has 2 aromatic rings. The maximum Gasteiger partial charge on any atom is 0.140 e. The molecule has 5 heteroatoms. The number of nitrogens with two attached hydrogens (primary N) is 1. The quantitative estimate of drug-likeness (QED) is 0.828. The summed E-state index contributed by atoms with van der Waals surface area (Å²) in [5.41, 5.74) is 7.86. The van der Waals surface area contributed by atoms with Crippen molar-refractivity contribution < 1.29 is 4.74 Å². The van der Waals surface area contributed by atoms with Gasteiger partial charge in [-0.05, 0) is 25.0 Å². The number of thiocarbonyl (C=S) groups is 1. The maximum absolute atomic E-state index is 5.81. The molecule has 0 amide bonds. The Kier molecular flexibility index (Phi) is 5.09. The minimum Gasteiger partial charge on any atom is -0.486 e. The second kappa shape index (κ2) is 6.81. The number of nitrogens with zero attached hydrogens (tertiary/aromatic N) is 1. The molecule has 1 aromatic carbocycles. The molecule has 0 saturated carbocycles. The zero-order chi connectivity index (χ0) is 14.5. The summed E-state index contributed by atoms with van der Waals surface area (Å²) in [7, 11) is 0. The first kappa shape index (κ1) is 14.9. The SMILES string of the molecule is CCCc1nc(COc2ccccc2C)sc1C(N)=S. The van der Waals surface area contributed by atoms with Gasteiger partial charge >= 0.3 is 0 Å². The monoisotopic (exact) mass is 306 g/mol. The Balaban J connectivity index is 2.12. The van der Waals surface area contributed by atoms with E-state index in [1.165, 1.54) is 11.3 Å². The van der Waals surface area contributed by atoms with E-state index in [2.05, 4.69) is 11.9 Å². The Morgan fingerprint density at radius 1 is 1.40 bits per heavy atom. The summed E-state index contributed by atoms with van der Waals surface area (Å²) < 4.78 is 5.81. The second-order valence-electron chi connectivity index (χ2n) is 4.55. The van der Waals surface area contributed by atoms with Crippen LogP contribution in [0.25, 0.3) is 0 Å². The number of aromatic nitrogens is 1. The highest BCUT2D eigenvalue weighted by atomic mass is 32.1. The number of thiazole rings is 1. The molecule has 0 aliphatic rings. The van der Waals surface area contributed by atoms with Crippen molar-refractivity contribution in [1.29, 1.82) is 0 Å². The van der Waals surface area contributed by atoms with E-state index >= 15 is 0 Å². The van der Waals surface area contributed by atoms with Crippen molar-refractivity contribution in [3.63, 3.8) is 0 Å². The molecule has 0 bridgehead atoms. The minimum absolute atomic E-state index is 0.424. The lowest BCUT2D eigenvalue weighted by atomic mass is 10.2. The van der Waals surface area contributed by atoms with Crippen LogP contribution in [0.4, 0.5) is 0 Å². The number of aryl methyl sites for hydroxylation is 2. The fourth-order valence-electron chi connectivity index (χ4n) is 1.92. The van der Waals surface area contributed by atoms with E-state index in [0.29, 0.717) is 11.6 Å². The van der Waals surface area contributed by atoms with Gasteiger partial charge in [0.25, 0.3) is 0 Å². The lowest BCUT2D eigenvalue weighted by Gasteiger charge is -2.06. The van der Waals surface area contributed by atoms with Crippen LogP contribution in [0.5, 0.6) is 5.75 Å². The Bertz CT molecular complexity index is 608. The van der Waals surface area contributed by atoms with Gasteiger partial charge in [-0.1, -0.05) is 43.8 Å². The van der Waals surface area contributed by atoms with Gasteiger partial charge in [-0.3, -0.25) is 0 Å². The number of ether oxygens (including phenoxy) is 1. The van der Waals surface area contributed by atoms with Crippen molar-refractivity contribution in [3.8, 4) is 5.75 Å². The lowest BCUT2D eigenvalue weighted by molar-refractivity contribution is 0.303. The summed E-state index contributed by atoms with van der Waals surface area (Å²) in [6, 6.07) is 7.95. The second-order valence-corrected chi connectivity index (χ2v) is 6.08. The van der Waals surface area contributed by atoms with Gasteiger partial charge < -0.3 is 10.5 Å². The van der Waals surface area contributed by atoms with Gasteiger partial charge in [0.15, 0.2) is 0 Å². The average Bonchev–Trinajstić information content (AvgIpc) is 2.82. The van der Waals surface area contributed by atoms with Crippen molar-refractivity contribution in [2.24, 2.45) is 5.73 Å². The highest BCUT2D eigenvalue weighted by Gasteiger charge is 2.13. The summed E-state index contributed by atoms with van der Waals surface area (Å²) in [6.45, 7) is 4.60. The first-order valence-corrected chi connectivity index (χ1v) is 7.81. The van der Waals surface area contributed by atoms with Gasteiger partial charge in [0.2, 0.25) is 0 Å². The van der Waals surface area contributed by atoms with E-state index < -0.39 is 0 Å². The van der Waals surface area contributed by atoms with Gasteiger partial charge in [-0.25, -0.2) is 4.98 Å². The fourth-order valence-corrected chi connectivity index (χ4v) is 3.04. The smallest absolute Gasteiger partial charge is 0.140 e. The van der Waals surface area contributed by atoms with Crippen LogP contribution in [-0.4, -0.2) is 9.97 Å². The van der Waals surface area contributed by atoms with Gasteiger partial charge in [-0.2, -0.15) is 0 Å². The third kappa shape index (κ3) is 3.55. The average molecular weight is 306 g/mol. The molecule has 2 rings (SSSR count). The van der Waals surface area contributed by atoms with Gasteiger partial charge in [0, 0.05) is 0 Å². The molecule has 0 saturated heterocycles. The standard InChI is InChI=1S/C15H18N2OS2/c1-3-6-11-14(15(16)19)20-13(17-11)9-18-12-8-5-4-7-10(12)2/h4-5,7-8H,3,6,9H2,1-2H3,(H2,16,19). The first-order valence-electron chi connectivity index (χ1n) is 6.58. The molecule has 0 unspecified atom stereocenters. The van der Waals surface area contributed by atoms with Crippen LogP contribution in [0.1, 0.15) is 34.5 Å². The number of benzene rings is 1. The number of hydrogen-bond acceptors (Lipinski definition) is 4. The summed E-state index contributed by atoms with van der Waals surface area (Å²) in [5, 5.41) is 0.916. The molecular formula is C15H18N2OS2. The Hall–Kier alpha value is -1.46. The zero-order valence-electron chi connectivity index (χ0n) is 11.7. The Morgan fingerprint density at radius 2 is 2.15 bits per heavy atom. The van der Waals surface area contributed by atoms with Crippen LogP contribution in [0.3, 0.4) is 0 Å². The molecule has 0 radical (unpaired) electrons. The van der Waals surface area contributed by atoms with Crippen LogP contribution < -0.4 is 10.5 Å². The van der Waals surface area contributed by atoms with E-state index in [1.54, 1.807) is 0 Å². The number of para-hydroxylation sites is 1. The van der Waals surface area contributed by atoms with E-state index in [0.717, 1.165) is 39.7 Å². The van der Waals surface area contributed by atoms with Crippen LogP contribution in [0.15, 0.2) is 24.3 Å². The molecule has 3 nitrogen and oxygen atoms in total. The van der Waals surface area contributed by atoms with Crippen LogP contribution in [0.2, 0.25) is 0 Å². The summed E-state index contributed by atoms with van der Waals surface area (Å²) in [6.07, 6.45) is 1.92.